The zero-order valence-corrected chi connectivity index (χ0v) is 10.3. The SMILES string of the molecule is Cc1ccc(NS(=O)(=O)C(C)C(=O)O)cc1N. The molecule has 0 aliphatic heterocycles. The van der Waals surface area contributed by atoms with E-state index in [0.717, 1.165) is 12.5 Å². The van der Waals surface area contributed by atoms with Gasteiger partial charge in [0.15, 0.2) is 5.25 Å². The second-order valence-electron chi connectivity index (χ2n) is 3.70. The molecule has 0 aromatic heterocycles. The number of rotatable bonds is 4. The highest BCUT2D eigenvalue weighted by atomic mass is 32.2. The summed E-state index contributed by atoms with van der Waals surface area (Å²) in [4.78, 5) is 10.6. The summed E-state index contributed by atoms with van der Waals surface area (Å²) in [6.45, 7) is 2.88. The van der Waals surface area contributed by atoms with Gasteiger partial charge < -0.3 is 10.8 Å². The fourth-order valence-electron chi connectivity index (χ4n) is 1.09. The molecule has 7 heteroatoms. The first-order valence-corrected chi connectivity index (χ1v) is 6.39. The molecule has 6 nitrogen and oxygen atoms in total. The summed E-state index contributed by atoms with van der Waals surface area (Å²) in [6, 6.07) is 4.62. The van der Waals surface area contributed by atoms with Crippen LogP contribution in [0, 0.1) is 6.92 Å². The summed E-state index contributed by atoms with van der Waals surface area (Å²) in [6.07, 6.45) is 0. The lowest BCUT2D eigenvalue weighted by atomic mass is 10.2. The van der Waals surface area contributed by atoms with Crippen molar-refractivity contribution in [3.8, 4) is 0 Å². The molecule has 0 aliphatic rings. The summed E-state index contributed by atoms with van der Waals surface area (Å²) < 4.78 is 25.4. The van der Waals surface area contributed by atoms with Gasteiger partial charge in [-0.3, -0.25) is 9.52 Å². The number of nitrogens with two attached hydrogens (primary N) is 1. The zero-order chi connectivity index (χ0) is 13.2. The lowest BCUT2D eigenvalue weighted by Gasteiger charge is -2.12. The second-order valence-corrected chi connectivity index (χ2v) is 5.70. The molecule has 1 unspecified atom stereocenters. The van der Waals surface area contributed by atoms with Gasteiger partial charge in [0, 0.05) is 5.69 Å². The van der Waals surface area contributed by atoms with Gasteiger partial charge in [-0.15, -0.1) is 0 Å². The quantitative estimate of drug-likeness (QED) is 0.692. The van der Waals surface area contributed by atoms with Crippen LogP contribution in [0.15, 0.2) is 18.2 Å². The minimum atomic E-state index is -3.95. The molecule has 0 saturated carbocycles. The van der Waals surface area contributed by atoms with Gasteiger partial charge in [-0.25, -0.2) is 8.42 Å². The predicted molar refractivity (Wildman–Crippen MR) is 65.2 cm³/mol. The largest absolute Gasteiger partial charge is 0.480 e. The third-order valence-corrected chi connectivity index (χ3v) is 4.01. The first kappa shape index (κ1) is 13.3. The lowest BCUT2D eigenvalue weighted by molar-refractivity contribution is -0.136. The van der Waals surface area contributed by atoms with Gasteiger partial charge in [0.25, 0.3) is 0 Å². The van der Waals surface area contributed by atoms with Gasteiger partial charge >= 0.3 is 5.97 Å². The molecular formula is C10H14N2O4S. The molecule has 1 rings (SSSR count). The molecule has 0 fully saturated rings. The minimum Gasteiger partial charge on any atom is -0.480 e. The Morgan fingerprint density at radius 1 is 1.47 bits per heavy atom. The Hall–Kier alpha value is -1.76. The average molecular weight is 258 g/mol. The van der Waals surface area contributed by atoms with Crippen LogP contribution in [0.25, 0.3) is 0 Å². The summed E-state index contributed by atoms with van der Waals surface area (Å²) in [5, 5.41) is 7.13. The molecule has 94 valence electrons. The molecule has 0 bridgehead atoms. The van der Waals surface area contributed by atoms with E-state index in [-0.39, 0.29) is 5.69 Å². The smallest absolute Gasteiger partial charge is 0.323 e. The first-order chi connectivity index (χ1) is 7.74. The summed E-state index contributed by atoms with van der Waals surface area (Å²) in [5.74, 6) is -1.41. The number of aryl methyl sites for hydroxylation is 1. The van der Waals surface area contributed by atoms with Crippen LogP contribution in [0.5, 0.6) is 0 Å². The van der Waals surface area contributed by atoms with E-state index >= 15 is 0 Å². The van der Waals surface area contributed by atoms with Crippen molar-refractivity contribution in [2.45, 2.75) is 19.1 Å². The van der Waals surface area contributed by atoms with E-state index in [1.807, 2.05) is 0 Å². The predicted octanol–water partition coefficient (Wildman–Crippen LogP) is 0.792. The maximum absolute atomic E-state index is 11.6. The number of aliphatic carboxylic acids is 1. The van der Waals surface area contributed by atoms with Crippen molar-refractivity contribution in [1.29, 1.82) is 0 Å². The number of hydrogen-bond acceptors (Lipinski definition) is 4. The number of carbonyl (C=O) groups is 1. The van der Waals surface area contributed by atoms with E-state index in [0.29, 0.717) is 5.69 Å². The Morgan fingerprint density at radius 3 is 2.53 bits per heavy atom. The number of anilines is 2. The molecule has 0 radical (unpaired) electrons. The van der Waals surface area contributed by atoms with Gasteiger partial charge in [0.05, 0.1) is 5.69 Å². The molecule has 0 amide bonds. The number of carboxylic acid groups (broad SMARTS) is 1. The highest BCUT2D eigenvalue weighted by Gasteiger charge is 2.27. The van der Waals surface area contributed by atoms with E-state index in [2.05, 4.69) is 4.72 Å². The monoisotopic (exact) mass is 258 g/mol. The molecule has 0 spiro atoms. The summed E-state index contributed by atoms with van der Waals surface area (Å²) >= 11 is 0. The van der Waals surface area contributed by atoms with Crippen LogP contribution in [-0.2, 0) is 14.8 Å². The fraction of sp³-hybridized carbons (Fsp3) is 0.300. The third-order valence-electron chi connectivity index (χ3n) is 2.35. The molecule has 1 atom stereocenters. The van der Waals surface area contributed by atoms with Gasteiger partial charge in [-0.2, -0.15) is 0 Å². The van der Waals surface area contributed by atoms with Crippen molar-refractivity contribution in [3.05, 3.63) is 23.8 Å². The van der Waals surface area contributed by atoms with E-state index in [1.54, 1.807) is 13.0 Å². The second kappa shape index (κ2) is 4.62. The van der Waals surface area contributed by atoms with Crippen LogP contribution in [0.2, 0.25) is 0 Å². The topological polar surface area (TPSA) is 109 Å². The van der Waals surface area contributed by atoms with Crippen LogP contribution in [-0.4, -0.2) is 24.7 Å². The van der Waals surface area contributed by atoms with Crippen LogP contribution < -0.4 is 10.5 Å². The van der Waals surface area contributed by atoms with Crippen molar-refractivity contribution in [2.75, 3.05) is 10.5 Å². The summed E-state index contributed by atoms with van der Waals surface area (Å²) in [5.41, 5.74) is 7.13. The average Bonchev–Trinajstić information content (AvgIpc) is 2.22. The van der Waals surface area contributed by atoms with E-state index in [1.165, 1.54) is 12.1 Å². The van der Waals surface area contributed by atoms with Crippen molar-refractivity contribution >= 4 is 27.4 Å². The summed E-state index contributed by atoms with van der Waals surface area (Å²) in [7, 11) is -3.95. The van der Waals surface area contributed by atoms with Gasteiger partial charge in [0.2, 0.25) is 10.0 Å². The van der Waals surface area contributed by atoms with Crippen LogP contribution in [0.4, 0.5) is 11.4 Å². The van der Waals surface area contributed by atoms with E-state index in [4.69, 9.17) is 10.8 Å². The standard InChI is InChI=1S/C10H14N2O4S/c1-6-3-4-8(5-9(6)11)12-17(15,16)7(2)10(13)14/h3-5,7,12H,11H2,1-2H3,(H,13,14). The number of nitrogens with one attached hydrogen (secondary N) is 1. The van der Waals surface area contributed by atoms with Crippen molar-refractivity contribution in [3.63, 3.8) is 0 Å². The fourth-order valence-corrected chi connectivity index (χ4v) is 1.99. The van der Waals surface area contributed by atoms with Crippen LogP contribution >= 0.6 is 0 Å². The maximum atomic E-state index is 11.6. The maximum Gasteiger partial charge on any atom is 0.323 e. The highest BCUT2D eigenvalue weighted by molar-refractivity contribution is 7.94. The van der Waals surface area contributed by atoms with Crippen molar-refractivity contribution < 1.29 is 18.3 Å². The number of nitrogen functional groups attached to an aromatic ring is 1. The Labute approximate surface area is 99.5 Å². The number of sulfonamides is 1. The Bertz CT molecular complexity index is 539. The zero-order valence-electron chi connectivity index (χ0n) is 9.47. The molecule has 0 heterocycles. The van der Waals surface area contributed by atoms with Crippen LogP contribution in [0.3, 0.4) is 0 Å². The normalized spacial score (nSPS) is 13.1. The first-order valence-electron chi connectivity index (χ1n) is 4.84. The van der Waals surface area contributed by atoms with Crippen LogP contribution in [0.1, 0.15) is 12.5 Å². The van der Waals surface area contributed by atoms with Gasteiger partial charge in [0.1, 0.15) is 0 Å². The van der Waals surface area contributed by atoms with Gasteiger partial charge in [-0.05, 0) is 31.5 Å². The highest BCUT2D eigenvalue weighted by Crippen LogP contribution is 2.19. The molecule has 1 aromatic carbocycles. The lowest BCUT2D eigenvalue weighted by Crippen LogP contribution is -2.32. The Kier molecular flexibility index (Phi) is 3.62. The number of benzene rings is 1. The molecule has 1 aromatic rings. The Balaban J connectivity index is 2.98. The molecule has 0 saturated heterocycles. The molecule has 17 heavy (non-hydrogen) atoms. The van der Waals surface area contributed by atoms with E-state index in [9.17, 15) is 13.2 Å². The minimum absolute atomic E-state index is 0.251. The Morgan fingerprint density at radius 2 is 2.06 bits per heavy atom. The van der Waals surface area contributed by atoms with E-state index < -0.39 is 21.2 Å². The van der Waals surface area contributed by atoms with Crippen molar-refractivity contribution in [2.24, 2.45) is 0 Å². The molecular weight excluding hydrogens is 244 g/mol. The van der Waals surface area contributed by atoms with Crippen molar-refractivity contribution in [1.82, 2.24) is 0 Å². The number of carboxylic acids is 1. The third kappa shape index (κ3) is 3.10. The molecule has 4 N–H and O–H groups in total. The molecule has 0 aliphatic carbocycles. The number of hydrogen-bond donors (Lipinski definition) is 3. The van der Waals surface area contributed by atoms with Gasteiger partial charge in [-0.1, -0.05) is 6.07 Å².